The Bertz CT molecular complexity index is 1370. The van der Waals surface area contributed by atoms with Crippen LogP contribution in [0.5, 0.6) is 11.5 Å². The van der Waals surface area contributed by atoms with E-state index in [0.29, 0.717) is 34.1 Å². The van der Waals surface area contributed by atoms with E-state index in [2.05, 4.69) is 15.5 Å². The van der Waals surface area contributed by atoms with Crippen LogP contribution in [0.15, 0.2) is 57.8 Å². The van der Waals surface area contributed by atoms with Gasteiger partial charge in [-0.25, -0.2) is 0 Å². The highest BCUT2D eigenvalue weighted by atomic mass is 16.5. The first-order valence-corrected chi connectivity index (χ1v) is 10.4. The molecule has 4 rings (SSSR count). The van der Waals surface area contributed by atoms with Gasteiger partial charge in [-0.3, -0.25) is 14.2 Å². The van der Waals surface area contributed by atoms with Gasteiger partial charge in [-0.2, -0.15) is 4.98 Å². The maximum atomic E-state index is 13.0. The summed E-state index contributed by atoms with van der Waals surface area (Å²) in [5.41, 5.74) is 1.30. The topological polar surface area (TPSA) is 108 Å². The predicted octanol–water partition coefficient (Wildman–Crippen LogP) is 3.83. The number of carbonyl (C=O) groups excluding carboxylic acids is 1. The fourth-order valence-electron chi connectivity index (χ4n) is 3.51. The van der Waals surface area contributed by atoms with Crippen LogP contribution in [0, 0.1) is 0 Å². The van der Waals surface area contributed by atoms with Gasteiger partial charge in [0.05, 0.1) is 25.3 Å². The van der Waals surface area contributed by atoms with Gasteiger partial charge in [0, 0.05) is 29.1 Å². The molecule has 2 aromatic carbocycles. The number of fused-ring (bicyclic) bond motifs is 1. The van der Waals surface area contributed by atoms with E-state index >= 15 is 0 Å². The Labute approximate surface area is 189 Å². The molecule has 0 aliphatic heterocycles. The zero-order chi connectivity index (χ0) is 23.5. The molecule has 2 aromatic heterocycles. The monoisotopic (exact) mass is 448 g/mol. The Kier molecular flexibility index (Phi) is 6.12. The van der Waals surface area contributed by atoms with Gasteiger partial charge in [0.2, 0.25) is 5.91 Å². The average Bonchev–Trinajstić information content (AvgIpc) is 3.31. The number of pyridine rings is 1. The second-order valence-electron chi connectivity index (χ2n) is 7.73. The van der Waals surface area contributed by atoms with Gasteiger partial charge in [0.15, 0.2) is 17.3 Å². The SMILES string of the molecule is COc1ccc(NC(=O)Cn2c(=O)cc(-c3nc(C(C)C)no3)c3ccccc32)cc1OC. The molecule has 1 N–H and O–H groups in total. The molecule has 4 aromatic rings. The first-order valence-electron chi connectivity index (χ1n) is 10.4. The first-order chi connectivity index (χ1) is 15.9. The van der Waals surface area contributed by atoms with E-state index in [1.54, 1.807) is 24.3 Å². The van der Waals surface area contributed by atoms with Gasteiger partial charge >= 0.3 is 0 Å². The van der Waals surface area contributed by atoms with Crippen LogP contribution >= 0.6 is 0 Å². The lowest BCUT2D eigenvalue weighted by Crippen LogP contribution is -2.27. The van der Waals surface area contributed by atoms with Crippen molar-refractivity contribution in [1.29, 1.82) is 0 Å². The fraction of sp³-hybridized carbons (Fsp3) is 0.250. The smallest absolute Gasteiger partial charge is 0.258 e. The number of carbonyl (C=O) groups is 1. The molecule has 0 bridgehead atoms. The summed E-state index contributed by atoms with van der Waals surface area (Å²) in [7, 11) is 3.06. The van der Waals surface area contributed by atoms with E-state index < -0.39 is 0 Å². The van der Waals surface area contributed by atoms with Crippen molar-refractivity contribution in [1.82, 2.24) is 14.7 Å². The van der Waals surface area contributed by atoms with Gasteiger partial charge in [-0.05, 0) is 18.2 Å². The summed E-state index contributed by atoms with van der Waals surface area (Å²) >= 11 is 0. The molecule has 2 heterocycles. The molecule has 0 unspecified atom stereocenters. The van der Waals surface area contributed by atoms with Crippen LogP contribution in [0.3, 0.4) is 0 Å². The van der Waals surface area contributed by atoms with Crippen molar-refractivity contribution in [2.45, 2.75) is 26.3 Å². The summed E-state index contributed by atoms with van der Waals surface area (Å²) < 4.78 is 17.3. The number of rotatable bonds is 7. The molecule has 0 aliphatic carbocycles. The number of para-hydroxylation sites is 1. The summed E-state index contributed by atoms with van der Waals surface area (Å²) in [5, 5.41) is 7.52. The van der Waals surface area contributed by atoms with Gasteiger partial charge in [-0.15, -0.1) is 0 Å². The van der Waals surface area contributed by atoms with E-state index in [9.17, 15) is 9.59 Å². The molecule has 9 heteroatoms. The zero-order valence-corrected chi connectivity index (χ0v) is 18.8. The predicted molar refractivity (Wildman–Crippen MR) is 124 cm³/mol. The molecule has 0 fully saturated rings. The standard InChI is InChI=1S/C24H24N4O5/c1-14(2)23-26-24(33-27-23)17-12-22(30)28(18-8-6-5-7-16(17)18)13-21(29)25-15-9-10-19(31-3)20(11-15)32-4/h5-12,14H,13H2,1-4H3,(H,25,29). The quantitative estimate of drug-likeness (QED) is 0.458. The van der Waals surface area contributed by atoms with Gasteiger partial charge < -0.3 is 19.3 Å². The van der Waals surface area contributed by atoms with Crippen molar-refractivity contribution in [3.05, 3.63) is 64.7 Å². The number of nitrogens with zero attached hydrogens (tertiary/aromatic N) is 3. The van der Waals surface area contributed by atoms with E-state index in [4.69, 9.17) is 14.0 Å². The normalized spacial score (nSPS) is 11.1. The maximum absolute atomic E-state index is 13.0. The van der Waals surface area contributed by atoms with E-state index in [1.165, 1.54) is 24.9 Å². The van der Waals surface area contributed by atoms with Gasteiger partial charge in [0.25, 0.3) is 11.4 Å². The largest absolute Gasteiger partial charge is 0.493 e. The number of hydrogen-bond donors (Lipinski definition) is 1. The van der Waals surface area contributed by atoms with Crippen molar-refractivity contribution in [2.24, 2.45) is 0 Å². The molecule has 0 spiro atoms. The van der Waals surface area contributed by atoms with E-state index in [-0.39, 0.29) is 29.8 Å². The van der Waals surface area contributed by atoms with Crippen molar-refractivity contribution in [3.8, 4) is 23.0 Å². The Hall–Kier alpha value is -4.14. The number of amides is 1. The molecule has 0 radical (unpaired) electrons. The molecular weight excluding hydrogens is 424 g/mol. The van der Waals surface area contributed by atoms with Crippen LogP contribution in [0.25, 0.3) is 22.4 Å². The lowest BCUT2D eigenvalue weighted by Gasteiger charge is -2.13. The van der Waals surface area contributed by atoms with Crippen LogP contribution in [0.2, 0.25) is 0 Å². The molecule has 0 saturated heterocycles. The number of benzene rings is 2. The van der Waals surface area contributed by atoms with Gasteiger partial charge in [0.1, 0.15) is 6.54 Å². The third-order valence-corrected chi connectivity index (χ3v) is 5.18. The Morgan fingerprint density at radius 3 is 2.55 bits per heavy atom. The summed E-state index contributed by atoms with van der Waals surface area (Å²) in [5.74, 6) is 1.61. The fourth-order valence-corrected chi connectivity index (χ4v) is 3.51. The minimum atomic E-state index is -0.359. The minimum Gasteiger partial charge on any atom is -0.493 e. The lowest BCUT2D eigenvalue weighted by molar-refractivity contribution is -0.116. The highest BCUT2D eigenvalue weighted by Crippen LogP contribution is 2.30. The first kappa shape index (κ1) is 22.1. The number of nitrogens with one attached hydrogen (secondary N) is 1. The Morgan fingerprint density at radius 2 is 1.85 bits per heavy atom. The molecule has 0 saturated carbocycles. The minimum absolute atomic E-state index is 0.0920. The molecular formula is C24H24N4O5. The van der Waals surface area contributed by atoms with Crippen LogP contribution in [-0.4, -0.2) is 34.8 Å². The average molecular weight is 448 g/mol. The molecule has 0 atom stereocenters. The molecule has 9 nitrogen and oxygen atoms in total. The number of methoxy groups -OCH3 is 2. The zero-order valence-electron chi connectivity index (χ0n) is 18.8. The van der Waals surface area contributed by atoms with Crippen molar-refractivity contribution >= 4 is 22.5 Å². The number of anilines is 1. The lowest BCUT2D eigenvalue weighted by atomic mass is 10.1. The van der Waals surface area contributed by atoms with Crippen molar-refractivity contribution in [3.63, 3.8) is 0 Å². The number of hydrogen-bond acceptors (Lipinski definition) is 7. The number of aromatic nitrogens is 3. The van der Waals surface area contributed by atoms with Crippen LogP contribution < -0.4 is 20.3 Å². The Morgan fingerprint density at radius 1 is 1.09 bits per heavy atom. The molecule has 170 valence electrons. The third kappa shape index (κ3) is 4.43. The van der Waals surface area contributed by atoms with Crippen molar-refractivity contribution < 1.29 is 18.8 Å². The van der Waals surface area contributed by atoms with E-state index in [1.807, 2.05) is 32.0 Å². The van der Waals surface area contributed by atoms with Gasteiger partial charge in [-0.1, -0.05) is 37.2 Å². The summed E-state index contributed by atoms with van der Waals surface area (Å²) in [6.45, 7) is 3.75. The molecule has 0 aliphatic rings. The highest BCUT2D eigenvalue weighted by molar-refractivity contribution is 5.95. The van der Waals surface area contributed by atoms with Crippen LogP contribution in [0.4, 0.5) is 5.69 Å². The van der Waals surface area contributed by atoms with E-state index in [0.717, 1.165) is 5.39 Å². The Balaban J connectivity index is 1.67. The van der Waals surface area contributed by atoms with Crippen LogP contribution in [0.1, 0.15) is 25.6 Å². The summed E-state index contributed by atoms with van der Waals surface area (Å²) in [6.07, 6.45) is 0. The van der Waals surface area contributed by atoms with Crippen LogP contribution in [-0.2, 0) is 11.3 Å². The second kappa shape index (κ2) is 9.15. The third-order valence-electron chi connectivity index (χ3n) is 5.18. The van der Waals surface area contributed by atoms with Crippen molar-refractivity contribution in [2.75, 3.05) is 19.5 Å². The summed E-state index contributed by atoms with van der Waals surface area (Å²) in [4.78, 5) is 30.2. The highest BCUT2D eigenvalue weighted by Gasteiger charge is 2.18. The maximum Gasteiger partial charge on any atom is 0.258 e. The molecule has 33 heavy (non-hydrogen) atoms. The number of ether oxygens (including phenoxy) is 2. The molecule has 1 amide bonds. The summed E-state index contributed by atoms with van der Waals surface area (Å²) in [6, 6.07) is 13.8. The second-order valence-corrected chi connectivity index (χ2v) is 7.73.